The molecule has 0 bridgehead atoms. The number of rotatable bonds is 12. The fraction of sp³-hybridized carbons (Fsp3) is 0.586. The van der Waals surface area contributed by atoms with Crippen LogP contribution < -0.4 is 4.90 Å². The van der Waals surface area contributed by atoms with Gasteiger partial charge < -0.3 is 14.5 Å². The summed E-state index contributed by atoms with van der Waals surface area (Å²) in [7, 11) is -5.86. The Labute approximate surface area is 276 Å². The molecule has 2 aliphatic carbocycles. The van der Waals surface area contributed by atoms with Crippen LogP contribution in [-0.2, 0) is 19.6 Å². The summed E-state index contributed by atoms with van der Waals surface area (Å²) in [5.74, 6) is 0.169. The number of halogens is 2. The predicted molar refractivity (Wildman–Crippen MR) is 171 cm³/mol. The molecule has 1 aliphatic heterocycles. The number of nitrogens with zero attached hydrogens (tertiary/aromatic N) is 9. The number of carbonyl (C=O) groups is 1. The molecule has 2 saturated carbocycles. The van der Waals surface area contributed by atoms with E-state index < -0.39 is 35.1 Å². The molecule has 3 fully saturated rings. The van der Waals surface area contributed by atoms with Gasteiger partial charge in [-0.3, -0.25) is 4.79 Å². The fourth-order valence-electron chi connectivity index (χ4n) is 5.59. The van der Waals surface area contributed by atoms with Crippen LogP contribution in [0.4, 0.5) is 14.5 Å². The fourth-order valence-corrected chi connectivity index (χ4v) is 8.68. The maximum Gasteiger partial charge on any atom is 0.291 e. The van der Waals surface area contributed by atoms with Gasteiger partial charge in [-0.15, -0.1) is 10.2 Å². The lowest BCUT2D eigenvalue weighted by molar-refractivity contribution is -0.132. The Hall–Kier alpha value is -3.55. The topological polar surface area (TPSA) is 161 Å². The van der Waals surface area contributed by atoms with E-state index in [0.717, 1.165) is 23.2 Å². The summed E-state index contributed by atoms with van der Waals surface area (Å²) in [6.45, 7) is 8.14. The van der Waals surface area contributed by atoms with E-state index in [1.54, 1.807) is 4.90 Å². The van der Waals surface area contributed by atoms with Gasteiger partial charge in [0.2, 0.25) is 21.1 Å². The first-order valence-corrected chi connectivity index (χ1v) is 21.4. The molecule has 0 atom stereocenters. The number of aromatic nitrogens is 4. The summed E-state index contributed by atoms with van der Waals surface area (Å²) in [6.07, 6.45) is -0.416. The van der Waals surface area contributed by atoms with E-state index in [2.05, 4.69) is 47.1 Å². The van der Waals surface area contributed by atoms with Crippen molar-refractivity contribution in [2.24, 2.45) is 5.92 Å². The average Bonchev–Trinajstić information content (AvgIpc) is 3.95. The van der Waals surface area contributed by atoms with Gasteiger partial charge in [0.15, 0.2) is 10.7 Å². The first-order valence-electron chi connectivity index (χ1n) is 15.4. The lowest BCUT2D eigenvalue weighted by Crippen LogP contribution is -2.49. The highest BCUT2D eigenvalue weighted by atomic mass is 32.2. The Morgan fingerprint density at radius 1 is 1.17 bits per heavy atom. The van der Waals surface area contributed by atoms with E-state index in [1.807, 2.05) is 4.90 Å². The van der Waals surface area contributed by atoms with Crippen LogP contribution in [0.3, 0.4) is 0 Å². The van der Waals surface area contributed by atoms with Crippen LogP contribution in [-0.4, -0.2) is 96.6 Å². The third-order valence-electron chi connectivity index (χ3n) is 8.70. The van der Waals surface area contributed by atoms with Crippen molar-refractivity contribution >= 4 is 51.9 Å². The third kappa shape index (κ3) is 6.62. The van der Waals surface area contributed by atoms with Crippen LogP contribution in [0.5, 0.6) is 0 Å². The van der Waals surface area contributed by atoms with Gasteiger partial charge in [0.25, 0.3) is 6.43 Å². The summed E-state index contributed by atoms with van der Waals surface area (Å²) in [5, 5.41) is 31.7. The van der Waals surface area contributed by atoms with Gasteiger partial charge in [-0.2, -0.15) is 19.9 Å². The molecular formula is C29H35F2N9O4S2Si. The molecule has 1 saturated heterocycles. The van der Waals surface area contributed by atoms with Gasteiger partial charge in [-0.25, -0.2) is 21.9 Å². The number of fused-ring (bicyclic) bond motifs is 1. The standard InChI is InChI=1S/C29H35F2N9O4S2Si/c1-47(2,3)13-12-44-18-39(29(17-33)6-7-29)46(42,43)20-14-22(37-8-10-38(11-9-37)27(41)19-4-5-19)24-21(16-32)36-40(23(24)15-20)28-35-34-26(45-28)25(30)31/h14-15,19,25H,4-13,18H2,1-3H3. The van der Waals surface area contributed by atoms with Crippen molar-refractivity contribution in [3.63, 3.8) is 0 Å². The van der Waals surface area contributed by atoms with E-state index in [-0.39, 0.29) is 39.8 Å². The second-order valence-electron chi connectivity index (χ2n) is 13.4. The summed E-state index contributed by atoms with van der Waals surface area (Å²) in [4.78, 5) is 16.3. The number of benzene rings is 1. The molecule has 1 amide bonds. The number of hydrogen-bond acceptors (Lipinski definition) is 11. The van der Waals surface area contributed by atoms with Gasteiger partial charge in [0.05, 0.1) is 27.6 Å². The number of sulfonamides is 1. The molecule has 0 spiro atoms. The van der Waals surface area contributed by atoms with Crippen molar-refractivity contribution in [1.29, 1.82) is 10.5 Å². The van der Waals surface area contributed by atoms with Gasteiger partial charge >= 0.3 is 0 Å². The zero-order valence-corrected chi connectivity index (χ0v) is 29.0. The molecule has 0 radical (unpaired) electrons. The zero-order valence-electron chi connectivity index (χ0n) is 26.3. The highest BCUT2D eigenvalue weighted by molar-refractivity contribution is 7.89. The molecular weight excluding hydrogens is 669 g/mol. The summed E-state index contributed by atoms with van der Waals surface area (Å²) >= 11 is 0.581. The Morgan fingerprint density at radius 3 is 2.43 bits per heavy atom. The van der Waals surface area contributed by atoms with Crippen molar-refractivity contribution in [3.8, 4) is 17.3 Å². The van der Waals surface area contributed by atoms with Crippen molar-refractivity contribution < 1.29 is 26.7 Å². The number of piperazine rings is 1. The minimum absolute atomic E-state index is 0.0496. The molecule has 47 heavy (non-hydrogen) atoms. The third-order valence-corrected chi connectivity index (χ3v) is 13.2. The highest BCUT2D eigenvalue weighted by Gasteiger charge is 2.54. The highest BCUT2D eigenvalue weighted by Crippen LogP contribution is 2.45. The van der Waals surface area contributed by atoms with E-state index in [4.69, 9.17) is 4.74 Å². The van der Waals surface area contributed by atoms with E-state index in [9.17, 15) is 32.5 Å². The molecule has 18 heteroatoms. The number of alkyl halides is 2. The number of carbonyl (C=O) groups excluding carboxylic acids is 1. The van der Waals surface area contributed by atoms with Crippen LogP contribution in [0.15, 0.2) is 17.0 Å². The van der Waals surface area contributed by atoms with Crippen molar-refractivity contribution in [3.05, 3.63) is 22.8 Å². The number of anilines is 1. The molecule has 3 aromatic rings. The SMILES string of the molecule is C[Si](C)(C)CCOCN(C1(C#N)CC1)S(=O)(=O)c1cc(N2CCN(C(=O)C3CC3)CC2)c2c(C#N)nn(-c3nnc(C(F)F)s3)c2c1. The second-order valence-corrected chi connectivity index (χ2v) is 21.8. The van der Waals surface area contributed by atoms with Crippen LogP contribution >= 0.6 is 11.3 Å². The predicted octanol–water partition coefficient (Wildman–Crippen LogP) is 4.10. The van der Waals surface area contributed by atoms with E-state index in [0.29, 0.717) is 68.0 Å². The minimum atomic E-state index is -4.38. The van der Waals surface area contributed by atoms with Crippen LogP contribution in [0.25, 0.3) is 16.0 Å². The minimum Gasteiger partial charge on any atom is -0.367 e. The van der Waals surface area contributed by atoms with E-state index in [1.165, 1.54) is 16.8 Å². The zero-order chi connectivity index (χ0) is 33.7. The Bertz CT molecular complexity index is 1880. The van der Waals surface area contributed by atoms with Gasteiger partial charge in [0.1, 0.15) is 18.3 Å². The van der Waals surface area contributed by atoms with Crippen LogP contribution in [0.2, 0.25) is 25.7 Å². The molecule has 3 aliphatic rings. The average molecular weight is 704 g/mol. The smallest absolute Gasteiger partial charge is 0.291 e. The number of nitriles is 2. The Kier molecular flexibility index (Phi) is 8.85. The molecule has 3 heterocycles. The number of ether oxygens (including phenoxy) is 1. The number of amides is 1. The van der Waals surface area contributed by atoms with E-state index >= 15 is 0 Å². The maximum atomic E-state index is 14.5. The molecule has 1 aromatic carbocycles. The van der Waals surface area contributed by atoms with Crippen molar-refractivity contribution in [1.82, 2.24) is 29.2 Å². The van der Waals surface area contributed by atoms with Gasteiger partial charge in [0, 0.05) is 46.8 Å². The van der Waals surface area contributed by atoms with Gasteiger partial charge in [-0.1, -0.05) is 31.0 Å². The molecule has 2 aromatic heterocycles. The maximum absolute atomic E-state index is 14.5. The Morgan fingerprint density at radius 2 is 1.87 bits per heavy atom. The van der Waals surface area contributed by atoms with Crippen LogP contribution in [0, 0.1) is 28.6 Å². The normalized spacial score (nSPS) is 18.1. The quantitative estimate of drug-likeness (QED) is 0.153. The molecule has 13 nitrogen and oxygen atoms in total. The second kappa shape index (κ2) is 12.5. The monoisotopic (exact) mass is 703 g/mol. The summed E-state index contributed by atoms with van der Waals surface area (Å²) in [5.41, 5.74) is -0.757. The largest absolute Gasteiger partial charge is 0.367 e. The van der Waals surface area contributed by atoms with Crippen molar-refractivity contribution in [2.75, 3.05) is 44.4 Å². The van der Waals surface area contributed by atoms with Crippen molar-refractivity contribution in [2.45, 2.75) is 68.2 Å². The molecule has 250 valence electrons. The summed E-state index contributed by atoms with van der Waals surface area (Å²) in [6, 6.07) is 7.84. The molecule has 0 N–H and O–H groups in total. The number of hydrogen-bond donors (Lipinski definition) is 0. The molecule has 0 unspecified atom stereocenters. The first-order chi connectivity index (χ1) is 22.3. The first kappa shape index (κ1) is 33.4. The lowest BCUT2D eigenvalue weighted by atomic mass is 10.1. The molecule has 6 rings (SSSR count). The lowest BCUT2D eigenvalue weighted by Gasteiger charge is -2.37. The van der Waals surface area contributed by atoms with Crippen LogP contribution in [0.1, 0.15) is 42.8 Å². The van der Waals surface area contributed by atoms with Gasteiger partial charge in [-0.05, 0) is 43.9 Å². The Balaban J connectivity index is 1.45. The summed E-state index contributed by atoms with van der Waals surface area (Å²) < 4.78 is 64.1.